The smallest absolute Gasteiger partial charge is 0.268 e. The third-order valence-corrected chi connectivity index (χ3v) is 5.97. The van der Waals surface area contributed by atoms with Crippen molar-refractivity contribution in [2.24, 2.45) is 0 Å². The Bertz CT molecular complexity index is 835. The van der Waals surface area contributed by atoms with Crippen molar-refractivity contribution >= 4 is 11.8 Å². The molecule has 1 aliphatic carbocycles. The van der Waals surface area contributed by atoms with Gasteiger partial charge < -0.3 is 15.2 Å². The molecule has 1 aliphatic heterocycles. The van der Waals surface area contributed by atoms with Gasteiger partial charge in [-0.25, -0.2) is 0 Å². The molecule has 4 rings (SSSR count). The standard InChI is InChI=1S/C23H29N3O2/c27-22(24-16-17-9-3-1-4-10-17)19-15-21(26-14-8-7-13-20(19)26)23(28)25-18-11-5-2-6-12-18/h1,3-4,9-10,15,18H,2,5-8,11-14,16H2,(H,24,27)(H,25,28). The molecule has 1 aromatic heterocycles. The topological polar surface area (TPSA) is 63.1 Å². The Morgan fingerprint density at radius 1 is 0.964 bits per heavy atom. The molecule has 0 saturated heterocycles. The average Bonchev–Trinajstić information content (AvgIpc) is 3.13. The van der Waals surface area contributed by atoms with Crippen molar-refractivity contribution < 1.29 is 9.59 Å². The Hall–Kier alpha value is -2.56. The first-order valence-corrected chi connectivity index (χ1v) is 10.6. The lowest BCUT2D eigenvalue weighted by molar-refractivity contribution is 0.0916. The fraction of sp³-hybridized carbons (Fsp3) is 0.478. The summed E-state index contributed by atoms with van der Waals surface area (Å²) in [6.07, 6.45) is 8.72. The number of carbonyl (C=O) groups excluding carboxylic acids is 2. The molecule has 2 heterocycles. The van der Waals surface area contributed by atoms with Gasteiger partial charge in [0.2, 0.25) is 0 Å². The second-order valence-electron chi connectivity index (χ2n) is 7.98. The zero-order valence-corrected chi connectivity index (χ0v) is 16.4. The van der Waals surface area contributed by atoms with E-state index in [0.29, 0.717) is 17.8 Å². The summed E-state index contributed by atoms with van der Waals surface area (Å²) in [4.78, 5) is 25.8. The molecule has 28 heavy (non-hydrogen) atoms. The van der Waals surface area contributed by atoms with Crippen LogP contribution in [0.1, 0.15) is 77.0 Å². The Morgan fingerprint density at radius 2 is 1.75 bits per heavy atom. The minimum absolute atomic E-state index is 0.0304. The Labute approximate surface area is 166 Å². The molecule has 1 saturated carbocycles. The molecule has 2 aromatic rings. The van der Waals surface area contributed by atoms with Gasteiger partial charge in [0.05, 0.1) is 5.56 Å². The zero-order valence-electron chi connectivity index (χ0n) is 16.4. The number of hydrogen-bond acceptors (Lipinski definition) is 2. The number of nitrogens with one attached hydrogen (secondary N) is 2. The third-order valence-electron chi connectivity index (χ3n) is 5.97. The Balaban J connectivity index is 1.51. The molecular formula is C23H29N3O2. The summed E-state index contributed by atoms with van der Waals surface area (Å²) in [5, 5.41) is 6.22. The van der Waals surface area contributed by atoms with Crippen LogP contribution in [-0.4, -0.2) is 22.4 Å². The van der Waals surface area contributed by atoms with Crippen molar-refractivity contribution in [1.29, 1.82) is 0 Å². The van der Waals surface area contributed by atoms with Crippen LogP contribution in [0.5, 0.6) is 0 Å². The van der Waals surface area contributed by atoms with Crippen LogP contribution in [0.4, 0.5) is 0 Å². The molecule has 2 aliphatic rings. The summed E-state index contributed by atoms with van der Waals surface area (Å²) in [5.74, 6) is -0.122. The van der Waals surface area contributed by atoms with Crippen molar-refractivity contribution in [3.8, 4) is 0 Å². The molecule has 2 N–H and O–H groups in total. The molecule has 1 fully saturated rings. The predicted octanol–water partition coefficient (Wildman–Crippen LogP) is 3.82. The number of fused-ring (bicyclic) bond motifs is 1. The number of amides is 2. The average molecular weight is 380 g/mol. The first-order valence-electron chi connectivity index (χ1n) is 10.6. The number of rotatable bonds is 5. The number of benzene rings is 1. The highest BCUT2D eigenvalue weighted by molar-refractivity contribution is 6.00. The Kier molecular flexibility index (Phi) is 5.79. The third kappa shape index (κ3) is 4.13. The molecule has 2 amide bonds. The van der Waals surface area contributed by atoms with E-state index in [1.807, 2.05) is 30.3 Å². The van der Waals surface area contributed by atoms with Gasteiger partial charge in [0.1, 0.15) is 5.69 Å². The van der Waals surface area contributed by atoms with Gasteiger partial charge in [0.25, 0.3) is 11.8 Å². The van der Waals surface area contributed by atoms with Crippen molar-refractivity contribution in [3.05, 3.63) is 58.9 Å². The maximum atomic E-state index is 12.9. The van der Waals surface area contributed by atoms with E-state index in [0.717, 1.165) is 49.9 Å². The summed E-state index contributed by atoms with van der Waals surface area (Å²) < 4.78 is 2.07. The SMILES string of the molecule is O=C(NCc1ccccc1)c1cc(C(=O)NC2CCCCC2)n2c1CCCC2. The van der Waals surface area contributed by atoms with E-state index in [1.54, 1.807) is 6.07 Å². The van der Waals surface area contributed by atoms with Gasteiger partial charge in [0.15, 0.2) is 0 Å². The summed E-state index contributed by atoms with van der Waals surface area (Å²) in [6.45, 7) is 1.31. The van der Waals surface area contributed by atoms with Crippen molar-refractivity contribution in [2.75, 3.05) is 0 Å². The molecule has 0 unspecified atom stereocenters. The monoisotopic (exact) mass is 379 g/mol. The van der Waals surface area contributed by atoms with E-state index < -0.39 is 0 Å². The zero-order chi connectivity index (χ0) is 19.3. The number of nitrogens with zero attached hydrogens (tertiary/aromatic N) is 1. The quantitative estimate of drug-likeness (QED) is 0.830. The second kappa shape index (κ2) is 8.63. The second-order valence-corrected chi connectivity index (χ2v) is 7.98. The lowest BCUT2D eigenvalue weighted by atomic mass is 9.95. The summed E-state index contributed by atoms with van der Waals surface area (Å²) in [7, 11) is 0. The van der Waals surface area contributed by atoms with Crippen molar-refractivity contribution in [2.45, 2.75) is 70.5 Å². The molecule has 5 heteroatoms. The normalized spacial score (nSPS) is 17.0. The molecule has 1 aromatic carbocycles. The molecular weight excluding hydrogens is 350 g/mol. The van der Waals surface area contributed by atoms with Crippen LogP contribution in [0, 0.1) is 0 Å². The number of aromatic nitrogens is 1. The molecule has 5 nitrogen and oxygen atoms in total. The lowest BCUT2D eigenvalue weighted by Gasteiger charge is -2.24. The molecule has 0 atom stereocenters. The minimum atomic E-state index is -0.0915. The molecule has 0 spiro atoms. The highest BCUT2D eigenvalue weighted by Crippen LogP contribution is 2.25. The molecule has 148 valence electrons. The molecule has 0 bridgehead atoms. The van der Waals surface area contributed by atoms with Crippen LogP contribution >= 0.6 is 0 Å². The number of hydrogen-bond donors (Lipinski definition) is 2. The van der Waals surface area contributed by atoms with Crippen molar-refractivity contribution in [1.82, 2.24) is 15.2 Å². The maximum absolute atomic E-state index is 12.9. The van der Waals surface area contributed by atoms with E-state index in [-0.39, 0.29) is 17.9 Å². The van der Waals surface area contributed by atoms with Crippen molar-refractivity contribution in [3.63, 3.8) is 0 Å². The van der Waals surface area contributed by atoms with E-state index >= 15 is 0 Å². The fourth-order valence-corrected chi connectivity index (χ4v) is 4.44. The Morgan fingerprint density at radius 3 is 2.54 bits per heavy atom. The summed E-state index contributed by atoms with van der Waals surface area (Å²) in [6, 6.07) is 12.0. The van der Waals surface area contributed by atoms with Gasteiger partial charge in [-0.15, -0.1) is 0 Å². The van der Waals surface area contributed by atoms with E-state index in [1.165, 1.54) is 19.3 Å². The van der Waals surface area contributed by atoms with Crippen LogP contribution < -0.4 is 10.6 Å². The van der Waals surface area contributed by atoms with Gasteiger partial charge in [-0.2, -0.15) is 0 Å². The highest BCUT2D eigenvalue weighted by atomic mass is 16.2. The van der Waals surface area contributed by atoms with Crippen LogP contribution in [-0.2, 0) is 19.5 Å². The van der Waals surface area contributed by atoms with E-state index in [4.69, 9.17) is 0 Å². The molecule has 0 radical (unpaired) electrons. The minimum Gasteiger partial charge on any atom is -0.348 e. The number of carbonyl (C=O) groups is 2. The highest BCUT2D eigenvalue weighted by Gasteiger charge is 2.26. The predicted molar refractivity (Wildman–Crippen MR) is 109 cm³/mol. The van der Waals surface area contributed by atoms with E-state index in [2.05, 4.69) is 15.2 Å². The van der Waals surface area contributed by atoms with Crippen LogP contribution in [0.2, 0.25) is 0 Å². The summed E-state index contributed by atoms with van der Waals surface area (Å²) >= 11 is 0. The van der Waals surface area contributed by atoms with Gasteiger partial charge in [-0.3, -0.25) is 9.59 Å². The van der Waals surface area contributed by atoms with Gasteiger partial charge in [-0.05, 0) is 43.7 Å². The first kappa shape index (κ1) is 18.8. The van der Waals surface area contributed by atoms with Gasteiger partial charge in [0, 0.05) is 24.8 Å². The van der Waals surface area contributed by atoms with Crippen LogP contribution in [0.3, 0.4) is 0 Å². The summed E-state index contributed by atoms with van der Waals surface area (Å²) in [5.41, 5.74) is 3.37. The fourth-order valence-electron chi connectivity index (χ4n) is 4.44. The largest absolute Gasteiger partial charge is 0.348 e. The van der Waals surface area contributed by atoms with Gasteiger partial charge >= 0.3 is 0 Å². The van der Waals surface area contributed by atoms with E-state index in [9.17, 15) is 9.59 Å². The van der Waals surface area contributed by atoms with Gasteiger partial charge in [-0.1, -0.05) is 49.6 Å². The van der Waals surface area contributed by atoms with Crippen LogP contribution in [0.15, 0.2) is 36.4 Å². The first-order chi connectivity index (χ1) is 13.7. The maximum Gasteiger partial charge on any atom is 0.268 e. The lowest BCUT2D eigenvalue weighted by Crippen LogP contribution is -2.37. The van der Waals surface area contributed by atoms with Crippen LogP contribution in [0.25, 0.3) is 0 Å².